The Morgan fingerprint density at radius 1 is 1.00 bits per heavy atom. The second-order valence-electron chi connectivity index (χ2n) is 5.96. The molecule has 6 heteroatoms. The van der Waals surface area contributed by atoms with Crippen LogP contribution in [0.25, 0.3) is 0 Å². The van der Waals surface area contributed by atoms with Gasteiger partial charge in [0.05, 0.1) is 17.4 Å². The van der Waals surface area contributed by atoms with Crippen molar-refractivity contribution in [1.82, 2.24) is 4.98 Å². The number of benzene rings is 2. The lowest BCUT2D eigenvalue weighted by atomic mass is 10.1. The standard InChI is InChI=1S/C20H17F2N3O/c1-12-6-7-13(2)18(8-12)25-20(26)14-9-15(11-23-10-14)24-19-16(21)4-3-5-17(19)22/h3-11,24H,1-2H3,(H,25,26). The summed E-state index contributed by atoms with van der Waals surface area (Å²) in [5, 5.41) is 5.45. The number of carbonyl (C=O) groups excluding carboxylic acids is 1. The van der Waals surface area contributed by atoms with E-state index in [4.69, 9.17) is 0 Å². The van der Waals surface area contributed by atoms with Crippen molar-refractivity contribution < 1.29 is 13.6 Å². The average molecular weight is 353 g/mol. The third kappa shape index (κ3) is 3.85. The zero-order chi connectivity index (χ0) is 18.7. The minimum Gasteiger partial charge on any atom is -0.349 e. The molecule has 0 saturated heterocycles. The van der Waals surface area contributed by atoms with E-state index in [2.05, 4.69) is 15.6 Å². The number of rotatable bonds is 4. The molecular formula is C20H17F2N3O. The van der Waals surface area contributed by atoms with Crippen LogP contribution in [0.1, 0.15) is 21.5 Å². The normalized spacial score (nSPS) is 10.5. The van der Waals surface area contributed by atoms with Crippen molar-refractivity contribution in [3.63, 3.8) is 0 Å². The van der Waals surface area contributed by atoms with Crippen molar-refractivity contribution in [1.29, 1.82) is 0 Å². The monoisotopic (exact) mass is 353 g/mol. The fourth-order valence-electron chi connectivity index (χ4n) is 2.46. The van der Waals surface area contributed by atoms with Crippen molar-refractivity contribution in [2.75, 3.05) is 10.6 Å². The number of nitrogens with one attached hydrogen (secondary N) is 2. The molecular weight excluding hydrogens is 336 g/mol. The SMILES string of the molecule is Cc1ccc(C)c(NC(=O)c2cncc(Nc3c(F)cccc3F)c2)c1. The maximum Gasteiger partial charge on any atom is 0.257 e. The highest BCUT2D eigenvalue weighted by Crippen LogP contribution is 2.24. The van der Waals surface area contributed by atoms with Crippen LogP contribution in [0.2, 0.25) is 0 Å². The Kier molecular flexibility index (Phi) is 4.93. The molecule has 0 aliphatic carbocycles. The number of carbonyl (C=O) groups is 1. The molecule has 0 bridgehead atoms. The van der Waals surface area contributed by atoms with E-state index in [1.54, 1.807) is 0 Å². The number of anilines is 3. The van der Waals surface area contributed by atoms with Gasteiger partial charge in [-0.05, 0) is 49.2 Å². The molecule has 1 aromatic heterocycles. The number of amides is 1. The minimum absolute atomic E-state index is 0.271. The van der Waals surface area contributed by atoms with E-state index in [0.717, 1.165) is 23.3 Å². The van der Waals surface area contributed by atoms with Gasteiger partial charge in [0.25, 0.3) is 5.91 Å². The Labute approximate surface area is 149 Å². The van der Waals surface area contributed by atoms with E-state index in [9.17, 15) is 13.6 Å². The van der Waals surface area contributed by atoms with Crippen LogP contribution in [0.15, 0.2) is 54.9 Å². The molecule has 0 spiro atoms. The first-order valence-corrected chi connectivity index (χ1v) is 7.99. The summed E-state index contributed by atoms with van der Waals surface area (Å²) >= 11 is 0. The molecule has 4 nitrogen and oxygen atoms in total. The van der Waals surface area contributed by atoms with Gasteiger partial charge in [-0.3, -0.25) is 9.78 Å². The van der Waals surface area contributed by atoms with Crippen LogP contribution in [0.3, 0.4) is 0 Å². The molecule has 2 N–H and O–H groups in total. The highest BCUT2D eigenvalue weighted by atomic mass is 19.1. The summed E-state index contributed by atoms with van der Waals surface area (Å²) in [7, 11) is 0. The van der Waals surface area contributed by atoms with E-state index in [1.807, 2.05) is 32.0 Å². The fraction of sp³-hybridized carbons (Fsp3) is 0.100. The van der Waals surface area contributed by atoms with Crippen molar-refractivity contribution in [3.05, 3.63) is 83.2 Å². The highest BCUT2D eigenvalue weighted by molar-refractivity contribution is 6.05. The summed E-state index contributed by atoms with van der Waals surface area (Å²) in [6.07, 6.45) is 2.78. The molecule has 0 unspecified atom stereocenters. The first kappa shape index (κ1) is 17.5. The Balaban J connectivity index is 1.83. The van der Waals surface area contributed by atoms with E-state index in [0.29, 0.717) is 11.4 Å². The van der Waals surface area contributed by atoms with Crippen LogP contribution in [-0.2, 0) is 0 Å². The number of hydrogen-bond acceptors (Lipinski definition) is 3. The van der Waals surface area contributed by atoms with Crippen molar-refractivity contribution >= 4 is 23.0 Å². The lowest BCUT2D eigenvalue weighted by molar-refractivity contribution is 0.102. The van der Waals surface area contributed by atoms with Crippen molar-refractivity contribution in [2.24, 2.45) is 0 Å². The summed E-state index contributed by atoms with van der Waals surface area (Å²) in [5.74, 6) is -1.81. The van der Waals surface area contributed by atoms with Gasteiger partial charge in [-0.25, -0.2) is 8.78 Å². The van der Waals surface area contributed by atoms with Crippen LogP contribution < -0.4 is 10.6 Å². The number of para-hydroxylation sites is 1. The molecule has 0 radical (unpaired) electrons. The van der Waals surface area contributed by atoms with Crippen LogP contribution >= 0.6 is 0 Å². The van der Waals surface area contributed by atoms with Gasteiger partial charge in [-0.1, -0.05) is 18.2 Å². The average Bonchev–Trinajstić information content (AvgIpc) is 2.62. The second-order valence-corrected chi connectivity index (χ2v) is 5.96. The number of halogens is 2. The predicted molar refractivity (Wildman–Crippen MR) is 97.7 cm³/mol. The van der Waals surface area contributed by atoms with Crippen molar-refractivity contribution in [2.45, 2.75) is 13.8 Å². The zero-order valence-electron chi connectivity index (χ0n) is 14.3. The van der Waals surface area contributed by atoms with E-state index < -0.39 is 11.6 Å². The minimum atomic E-state index is -0.727. The molecule has 1 amide bonds. The van der Waals surface area contributed by atoms with Gasteiger partial charge in [0.15, 0.2) is 0 Å². The molecule has 3 rings (SSSR count). The lowest BCUT2D eigenvalue weighted by Crippen LogP contribution is -2.13. The third-order valence-corrected chi connectivity index (χ3v) is 3.87. The van der Waals surface area contributed by atoms with Crippen LogP contribution in [0.5, 0.6) is 0 Å². The summed E-state index contributed by atoms with van der Waals surface area (Å²) in [6.45, 7) is 3.83. The number of pyridine rings is 1. The van der Waals surface area contributed by atoms with Gasteiger partial charge in [-0.2, -0.15) is 0 Å². The summed E-state index contributed by atoms with van der Waals surface area (Å²) in [5.41, 5.74) is 2.94. The van der Waals surface area contributed by atoms with Gasteiger partial charge in [0.1, 0.15) is 17.3 Å². The topological polar surface area (TPSA) is 54.0 Å². The van der Waals surface area contributed by atoms with E-state index in [1.165, 1.54) is 24.5 Å². The first-order chi connectivity index (χ1) is 12.4. The fourth-order valence-corrected chi connectivity index (χ4v) is 2.46. The highest BCUT2D eigenvalue weighted by Gasteiger charge is 2.12. The molecule has 0 aliphatic rings. The molecule has 0 atom stereocenters. The molecule has 0 fully saturated rings. The molecule has 3 aromatic rings. The molecule has 2 aromatic carbocycles. The third-order valence-electron chi connectivity index (χ3n) is 3.87. The summed E-state index contributed by atoms with van der Waals surface area (Å²) in [6, 6.07) is 10.8. The van der Waals surface area contributed by atoms with Crippen LogP contribution in [0.4, 0.5) is 25.8 Å². The Bertz CT molecular complexity index is 953. The Morgan fingerprint density at radius 2 is 1.73 bits per heavy atom. The maximum absolute atomic E-state index is 13.8. The maximum atomic E-state index is 13.8. The first-order valence-electron chi connectivity index (χ1n) is 7.99. The van der Waals surface area contributed by atoms with Gasteiger partial charge in [0.2, 0.25) is 0 Å². The second kappa shape index (κ2) is 7.31. The van der Waals surface area contributed by atoms with E-state index in [-0.39, 0.29) is 17.2 Å². The van der Waals surface area contributed by atoms with E-state index >= 15 is 0 Å². The van der Waals surface area contributed by atoms with Gasteiger partial charge >= 0.3 is 0 Å². The van der Waals surface area contributed by atoms with Crippen LogP contribution in [-0.4, -0.2) is 10.9 Å². The lowest BCUT2D eigenvalue weighted by Gasteiger charge is -2.11. The predicted octanol–water partition coefficient (Wildman–Crippen LogP) is 4.97. The zero-order valence-corrected chi connectivity index (χ0v) is 14.3. The largest absolute Gasteiger partial charge is 0.349 e. The quantitative estimate of drug-likeness (QED) is 0.696. The summed E-state index contributed by atoms with van der Waals surface area (Å²) in [4.78, 5) is 16.5. The van der Waals surface area contributed by atoms with Gasteiger partial charge < -0.3 is 10.6 Å². The molecule has 26 heavy (non-hydrogen) atoms. The van der Waals surface area contributed by atoms with Crippen LogP contribution in [0, 0.1) is 25.5 Å². The van der Waals surface area contributed by atoms with Gasteiger partial charge in [-0.15, -0.1) is 0 Å². The Morgan fingerprint density at radius 3 is 2.46 bits per heavy atom. The summed E-state index contributed by atoms with van der Waals surface area (Å²) < 4.78 is 27.5. The number of aromatic nitrogens is 1. The smallest absolute Gasteiger partial charge is 0.257 e. The molecule has 0 aliphatic heterocycles. The number of nitrogens with zero attached hydrogens (tertiary/aromatic N) is 1. The molecule has 132 valence electrons. The number of hydrogen-bond donors (Lipinski definition) is 2. The molecule has 1 heterocycles. The number of aryl methyl sites for hydroxylation is 2. The van der Waals surface area contributed by atoms with Crippen molar-refractivity contribution in [3.8, 4) is 0 Å². The molecule has 0 saturated carbocycles. The van der Waals surface area contributed by atoms with Gasteiger partial charge in [0, 0.05) is 11.9 Å². The Hall–Kier alpha value is -3.28.